The van der Waals surface area contributed by atoms with Crippen molar-refractivity contribution in [2.24, 2.45) is 0 Å². The number of nitriles is 1. The number of hydrogen-bond acceptors (Lipinski definition) is 4. The van der Waals surface area contributed by atoms with Crippen LogP contribution in [0.4, 0.5) is 5.82 Å². The molecule has 1 aromatic carbocycles. The van der Waals surface area contributed by atoms with Crippen LogP contribution in [0.25, 0.3) is 0 Å². The van der Waals surface area contributed by atoms with Crippen molar-refractivity contribution in [2.75, 3.05) is 18.5 Å². The standard InChI is InChI=1S/C17H17N3O/c18-12-15-5-2-8-19-17(15)20-9-10-21-16-7-6-13-3-1-4-14(13)11-16/h2,5-8,11H,1,3-4,9-10H2,(H,19,20). The molecule has 1 heterocycles. The van der Waals surface area contributed by atoms with Crippen LogP contribution in [0.2, 0.25) is 0 Å². The highest BCUT2D eigenvalue weighted by Gasteiger charge is 2.11. The number of aryl methyl sites for hydroxylation is 2. The van der Waals surface area contributed by atoms with Gasteiger partial charge in [0.15, 0.2) is 0 Å². The molecule has 1 aliphatic carbocycles. The normalized spacial score (nSPS) is 12.5. The minimum Gasteiger partial charge on any atom is -0.492 e. The minimum absolute atomic E-state index is 0.542. The zero-order chi connectivity index (χ0) is 14.5. The van der Waals surface area contributed by atoms with Crippen molar-refractivity contribution < 1.29 is 4.74 Å². The zero-order valence-electron chi connectivity index (χ0n) is 11.8. The molecule has 0 saturated carbocycles. The van der Waals surface area contributed by atoms with Gasteiger partial charge in [-0.1, -0.05) is 6.07 Å². The smallest absolute Gasteiger partial charge is 0.144 e. The van der Waals surface area contributed by atoms with Crippen LogP contribution in [0.1, 0.15) is 23.1 Å². The first kappa shape index (κ1) is 13.4. The van der Waals surface area contributed by atoms with E-state index in [1.165, 1.54) is 24.0 Å². The summed E-state index contributed by atoms with van der Waals surface area (Å²) in [5.74, 6) is 1.52. The molecule has 4 nitrogen and oxygen atoms in total. The van der Waals surface area contributed by atoms with Crippen molar-refractivity contribution in [3.63, 3.8) is 0 Å². The predicted octanol–water partition coefficient (Wildman–Crippen LogP) is 2.93. The summed E-state index contributed by atoms with van der Waals surface area (Å²) >= 11 is 0. The Labute approximate surface area is 124 Å². The number of nitrogens with one attached hydrogen (secondary N) is 1. The number of rotatable bonds is 5. The Hall–Kier alpha value is -2.54. The van der Waals surface area contributed by atoms with E-state index in [-0.39, 0.29) is 0 Å². The first-order chi connectivity index (χ1) is 10.4. The van der Waals surface area contributed by atoms with E-state index in [1.807, 2.05) is 6.07 Å². The van der Waals surface area contributed by atoms with Gasteiger partial charge in [0.1, 0.15) is 24.2 Å². The molecule has 0 aliphatic heterocycles. The number of nitrogens with zero attached hydrogens (tertiary/aromatic N) is 2. The van der Waals surface area contributed by atoms with Crippen LogP contribution >= 0.6 is 0 Å². The molecule has 0 unspecified atom stereocenters. The Balaban J connectivity index is 1.51. The fourth-order valence-electron chi connectivity index (χ4n) is 2.61. The summed E-state index contributed by atoms with van der Waals surface area (Å²) in [5.41, 5.74) is 3.42. The summed E-state index contributed by atoms with van der Waals surface area (Å²) < 4.78 is 5.75. The van der Waals surface area contributed by atoms with E-state index >= 15 is 0 Å². The van der Waals surface area contributed by atoms with Gasteiger partial charge in [-0.05, 0) is 54.7 Å². The van der Waals surface area contributed by atoms with Gasteiger partial charge >= 0.3 is 0 Å². The number of benzene rings is 1. The molecular weight excluding hydrogens is 262 g/mol. The largest absolute Gasteiger partial charge is 0.492 e. The highest BCUT2D eigenvalue weighted by Crippen LogP contribution is 2.25. The lowest BCUT2D eigenvalue weighted by atomic mass is 10.1. The number of fused-ring (bicyclic) bond motifs is 1. The van der Waals surface area contributed by atoms with Gasteiger partial charge < -0.3 is 10.1 Å². The van der Waals surface area contributed by atoms with Gasteiger partial charge in [0.05, 0.1) is 12.1 Å². The lowest BCUT2D eigenvalue weighted by molar-refractivity contribution is 0.332. The maximum atomic E-state index is 8.98. The van der Waals surface area contributed by atoms with Gasteiger partial charge in [0, 0.05) is 6.20 Å². The molecule has 1 aromatic heterocycles. The second-order valence-corrected chi connectivity index (χ2v) is 5.07. The third-order valence-electron chi connectivity index (χ3n) is 3.66. The molecule has 0 atom stereocenters. The molecule has 0 bridgehead atoms. The van der Waals surface area contributed by atoms with Gasteiger partial charge in [0.25, 0.3) is 0 Å². The lowest BCUT2D eigenvalue weighted by Gasteiger charge is -2.10. The van der Waals surface area contributed by atoms with E-state index in [2.05, 4.69) is 28.5 Å². The van der Waals surface area contributed by atoms with Crippen molar-refractivity contribution in [2.45, 2.75) is 19.3 Å². The monoisotopic (exact) mass is 279 g/mol. The molecule has 0 saturated heterocycles. The molecular formula is C17H17N3O. The van der Waals surface area contributed by atoms with Crippen molar-refractivity contribution in [3.05, 3.63) is 53.2 Å². The van der Waals surface area contributed by atoms with Crippen LogP contribution in [0, 0.1) is 11.3 Å². The van der Waals surface area contributed by atoms with Crippen molar-refractivity contribution >= 4 is 5.82 Å². The Morgan fingerprint density at radius 1 is 1.24 bits per heavy atom. The van der Waals surface area contributed by atoms with E-state index in [0.717, 1.165) is 12.2 Å². The van der Waals surface area contributed by atoms with Crippen LogP contribution in [0.15, 0.2) is 36.5 Å². The third kappa shape index (κ3) is 3.14. The first-order valence-corrected chi connectivity index (χ1v) is 7.20. The van der Waals surface area contributed by atoms with E-state index < -0.39 is 0 Å². The summed E-state index contributed by atoms with van der Waals surface area (Å²) in [6.45, 7) is 1.16. The Morgan fingerprint density at radius 2 is 2.14 bits per heavy atom. The minimum atomic E-state index is 0.542. The molecule has 0 spiro atoms. The summed E-state index contributed by atoms with van der Waals surface area (Å²) in [6.07, 6.45) is 5.26. The van der Waals surface area contributed by atoms with Crippen molar-refractivity contribution in [1.82, 2.24) is 4.98 Å². The maximum Gasteiger partial charge on any atom is 0.144 e. The quantitative estimate of drug-likeness (QED) is 0.855. The summed E-state index contributed by atoms with van der Waals surface area (Å²) in [4.78, 5) is 4.15. The van der Waals surface area contributed by atoms with Crippen LogP contribution in [0.3, 0.4) is 0 Å². The molecule has 2 aromatic rings. The van der Waals surface area contributed by atoms with Crippen LogP contribution in [-0.4, -0.2) is 18.1 Å². The Morgan fingerprint density at radius 3 is 3.05 bits per heavy atom. The average Bonchev–Trinajstić information content (AvgIpc) is 2.99. The van der Waals surface area contributed by atoms with Crippen molar-refractivity contribution in [3.8, 4) is 11.8 Å². The van der Waals surface area contributed by atoms with Crippen LogP contribution in [-0.2, 0) is 12.8 Å². The summed E-state index contributed by atoms with van der Waals surface area (Å²) in [6, 6.07) is 12.0. The number of anilines is 1. The number of hydrogen-bond donors (Lipinski definition) is 1. The van der Waals surface area contributed by atoms with E-state index in [1.54, 1.807) is 18.3 Å². The molecule has 3 rings (SSSR count). The molecule has 1 N–H and O–H groups in total. The number of aromatic nitrogens is 1. The second-order valence-electron chi connectivity index (χ2n) is 5.07. The van der Waals surface area contributed by atoms with Gasteiger partial charge in [-0.2, -0.15) is 5.26 Å². The van der Waals surface area contributed by atoms with E-state index in [4.69, 9.17) is 10.00 Å². The number of pyridine rings is 1. The highest BCUT2D eigenvalue weighted by molar-refractivity contribution is 5.51. The summed E-state index contributed by atoms with van der Waals surface area (Å²) in [5, 5.41) is 12.1. The van der Waals surface area contributed by atoms with Gasteiger partial charge in [-0.3, -0.25) is 0 Å². The van der Waals surface area contributed by atoms with E-state index in [9.17, 15) is 0 Å². The molecule has 21 heavy (non-hydrogen) atoms. The van der Waals surface area contributed by atoms with Gasteiger partial charge in [0.2, 0.25) is 0 Å². The molecule has 0 fully saturated rings. The van der Waals surface area contributed by atoms with Crippen LogP contribution < -0.4 is 10.1 Å². The average molecular weight is 279 g/mol. The topological polar surface area (TPSA) is 57.9 Å². The molecule has 0 radical (unpaired) electrons. The zero-order valence-corrected chi connectivity index (χ0v) is 11.8. The fraction of sp³-hybridized carbons (Fsp3) is 0.294. The number of ether oxygens (including phenoxy) is 1. The Bertz CT molecular complexity index is 676. The van der Waals surface area contributed by atoms with Crippen molar-refractivity contribution in [1.29, 1.82) is 5.26 Å². The summed E-state index contributed by atoms with van der Waals surface area (Å²) in [7, 11) is 0. The second kappa shape index (κ2) is 6.27. The first-order valence-electron chi connectivity index (χ1n) is 7.20. The van der Waals surface area contributed by atoms with Crippen LogP contribution in [0.5, 0.6) is 5.75 Å². The molecule has 106 valence electrons. The third-order valence-corrected chi connectivity index (χ3v) is 3.66. The molecule has 0 amide bonds. The fourth-order valence-corrected chi connectivity index (χ4v) is 2.61. The van der Waals surface area contributed by atoms with Gasteiger partial charge in [-0.25, -0.2) is 4.98 Å². The highest BCUT2D eigenvalue weighted by atomic mass is 16.5. The van der Waals surface area contributed by atoms with Gasteiger partial charge in [-0.15, -0.1) is 0 Å². The lowest BCUT2D eigenvalue weighted by Crippen LogP contribution is -2.13. The molecule has 1 aliphatic rings. The SMILES string of the molecule is N#Cc1cccnc1NCCOc1ccc2c(c1)CCC2. The van der Waals surface area contributed by atoms with E-state index in [0.29, 0.717) is 24.5 Å². The predicted molar refractivity (Wildman–Crippen MR) is 81.4 cm³/mol. The Kier molecular flexibility index (Phi) is 4.02. The molecule has 4 heteroatoms. The maximum absolute atomic E-state index is 8.98.